The maximum absolute atomic E-state index is 14.7. The molecule has 0 unspecified atom stereocenters. The monoisotopic (exact) mass is 1200 g/mol. The Bertz CT molecular complexity index is 5290. The third-order valence-corrected chi connectivity index (χ3v) is 21.0. The molecule has 0 saturated carbocycles. The lowest BCUT2D eigenvalue weighted by molar-refractivity contribution is 0.103. The summed E-state index contributed by atoms with van der Waals surface area (Å²) in [7, 11) is 0. The van der Waals surface area contributed by atoms with Gasteiger partial charge in [-0.2, -0.15) is 20.2 Å². The van der Waals surface area contributed by atoms with Crippen LogP contribution >= 0.6 is 56.7 Å². The lowest BCUT2D eigenvalue weighted by Gasteiger charge is -2.31. The molecule has 0 radical (unpaired) electrons. The van der Waals surface area contributed by atoms with Crippen molar-refractivity contribution < 1.29 is 41.3 Å². The third kappa shape index (κ3) is 7.22. The van der Waals surface area contributed by atoms with Crippen LogP contribution in [0.1, 0.15) is 80.4 Å². The number of thiophene rings is 5. The summed E-state index contributed by atoms with van der Waals surface area (Å²) in [6.45, 7) is 23.2. The van der Waals surface area contributed by atoms with E-state index < -0.39 is 57.4 Å². The predicted octanol–water partition coefficient (Wildman–Crippen LogP) is 17.1. The Morgan fingerprint density at radius 2 is 1.06 bits per heavy atom. The van der Waals surface area contributed by atoms with Gasteiger partial charge in [0.05, 0.1) is 36.2 Å². The molecule has 22 heteroatoms. The Morgan fingerprint density at radius 3 is 1.57 bits per heavy atom. The molecule has 0 fully saturated rings. The van der Waals surface area contributed by atoms with E-state index in [0.717, 1.165) is 69.9 Å². The lowest BCUT2D eigenvalue weighted by atomic mass is 9.93. The van der Waals surface area contributed by atoms with Crippen molar-refractivity contribution in [2.45, 2.75) is 38.9 Å². The van der Waals surface area contributed by atoms with Gasteiger partial charge in [0.2, 0.25) is 0 Å². The van der Waals surface area contributed by atoms with Crippen LogP contribution in [0.2, 0.25) is 0 Å². The van der Waals surface area contributed by atoms with Crippen LogP contribution in [-0.4, -0.2) is 31.8 Å². The minimum absolute atomic E-state index is 0.0365. The van der Waals surface area contributed by atoms with Crippen LogP contribution in [0.15, 0.2) is 100.0 Å². The summed E-state index contributed by atoms with van der Waals surface area (Å²) in [5.74, 6) is -5.71. The van der Waals surface area contributed by atoms with Crippen molar-refractivity contribution >= 4 is 134 Å². The van der Waals surface area contributed by atoms with Gasteiger partial charge in [-0.15, -0.1) is 56.7 Å². The van der Waals surface area contributed by atoms with Crippen LogP contribution < -0.4 is 9.47 Å². The molecule has 0 atom stereocenters. The smallest absolute Gasteiger partial charge is 0.482 e. The largest absolute Gasteiger partial charge is 0.528 e. The van der Waals surface area contributed by atoms with Crippen molar-refractivity contribution in [1.82, 2.24) is 20.3 Å². The summed E-state index contributed by atoms with van der Waals surface area (Å²) < 4.78 is 78.5. The molecule has 4 aromatic carbocycles. The molecule has 2 aliphatic carbocycles. The van der Waals surface area contributed by atoms with E-state index in [1.54, 1.807) is 12.1 Å². The number of hydrogen-bond donors (Lipinski definition) is 0. The Balaban J connectivity index is 0.895. The maximum atomic E-state index is 14.7. The number of carbonyl (C=O) groups is 2. The number of Topliss-reactive ketones (excluding diaryl/α,β-unsaturated/α-hetero) is 2. The van der Waals surface area contributed by atoms with Crippen LogP contribution in [0.5, 0.6) is 11.5 Å². The Hall–Kier alpha value is -9.78. The molecule has 0 saturated heterocycles. The number of allylic oxidation sites excluding steroid dienone is 5. The van der Waals surface area contributed by atoms with Crippen LogP contribution in [0.25, 0.3) is 116 Å². The fraction of sp³-hybridized carbons (Fsp3) is 0.0968. The van der Waals surface area contributed by atoms with Gasteiger partial charge in [0.15, 0.2) is 34.8 Å². The number of benzene rings is 4. The quantitative estimate of drug-likeness (QED) is 0.0710. The molecule has 7 aromatic heterocycles. The molecule has 0 bridgehead atoms. The molecule has 15 rings (SSSR count). The number of fused-ring (bicyclic) bond motifs is 13. The molecule has 9 heterocycles. The summed E-state index contributed by atoms with van der Waals surface area (Å²) >= 11 is 7.01. The summed E-state index contributed by atoms with van der Waals surface area (Å²) in [5, 5.41) is 30.0. The summed E-state index contributed by atoms with van der Waals surface area (Å²) in [4.78, 5) is 51.8. The lowest BCUT2D eigenvalue weighted by Crippen LogP contribution is -2.27. The van der Waals surface area contributed by atoms with Gasteiger partial charge in [-0.3, -0.25) is 9.59 Å². The van der Waals surface area contributed by atoms with E-state index in [4.69, 9.17) is 37.2 Å². The van der Waals surface area contributed by atoms with Gasteiger partial charge in [0.25, 0.3) is 0 Å². The fourth-order valence-electron chi connectivity index (χ4n) is 11.4. The van der Waals surface area contributed by atoms with Crippen LogP contribution in [-0.2, 0) is 11.2 Å². The first-order valence-corrected chi connectivity index (χ1v) is 29.3. The number of nitrogens with zero attached hydrogens (tertiary/aromatic N) is 8. The minimum Gasteiger partial charge on any atom is -0.482 e. The molecule has 402 valence electrons. The second-order valence-corrected chi connectivity index (χ2v) is 26.1. The molecule has 11 aromatic rings. The Morgan fingerprint density at radius 1 is 0.583 bits per heavy atom. The summed E-state index contributed by atoms with van der Waals surface area (Å²) in [5.41, 5.74) is 2.36. The van der Waals surface area contributed by atoms with Crippen LogP contribution in [0.4, 0.5) is 17.6 Å². The molecule has 4 aliphatic rings. The highest BCUT2D eigenvalue weighted by molar-refractivity contribution is 7.26. The van der Waals surface area contributed by atoms with E-state index in [1.165, 1.54) is 68.8 Å². The molecule has 84 heavy (non-hydrogen) atoms. The predicted molar refractivity (Wildman–Crippen MR) is 314 cm³/mol. The highest BCUT2D eigenvalue weighted by atomic mass is 32.1. The fourth-order valence-corrected chi connectivity index (χ4v) is 17.5. The summed E-state index contributed by atoms with van der Waals surface area (Å²) in [6.07, 6.45) is 3.03. The number of nitriles is 2. The van der Waals surface area contributed by atoms with Crippen molar-refractivity contribution in [2.75, 3.05) is 0 Å². The highest BCUT2D eigenvalue weighted by Crippen LogP contribution is 2.59. The van der Waals surface area contributed by atoms with E-state index in [9.17, 15) is 37.7 Å². The highest BCUT2D eigenvalue weighted by Gasteiger charge is 2.42. The van der Waals surface area contributed by atoms with Crippen molar-refractivity contribution in [3.05, 3.63) is 185 Å². The van der Waals surface area contributed by atoms with E-state index in [2.05, 4.69) is 20.0 Å². The maximum Gasteiger partial charge on any atom is 0.528 e. The van der Waals surface area contributed by atoms with Crippen molar-refractivity contribution in [3.8, 4) is 64.0 Å². The average Bonchev–Trinajstić information content (AvgIpc) is 2.56. The Labute approximate surface area is 490 Å². The zero-order valence-electron chi connectivity index (χ0n) is 43.3. The molecule has 13 nitrogen and oxygen atoms in total. The number of hydrogen-bond acceptors (Lipinski definition) is 16. The van der Waals surface area contributed by atoms with Gasteiger partial charge in [-0.25, -0.2) is 32.2 Å². The normalized spacial score (nSPS) is 16.0. The van der Waals surface area contributed by atoms with Crippen LogP contribution in [0.3, 0.4) is 0 Å². The van der Waals surface area contributed by atoms with Crippen molar-refractivity contribution in [1.29, 1.82) is 10.5 Å². The molecular weight excluding hydrogens is 1170 g/mol. The van der Waals surface area contributed by atoms with Gasteiger partial charge >= 0.3 is 5.82 Å². The van der Waals surface area contributed by atoms with Crippen molar-refractivity contribution in [2.24, 2.45) is 0 Å². The number of ether oxygens (including phenoxy) is 2. The van der Waals surface area contributed by atoms with E-state index in [-0.39, 0.29) is 44.5 Å². The second-order valence-electron chi connectivity index (χ2n) is 20.8. The molecule has 0 amide bonds. The Kier molecular flexibility index (Phi) is 10.9. The first kappa shape index (κ1) is 51.1. The van der Waals surface area contributed by atoms with Gasteiger partial charge < -0.3 is 9.47 Å². The average molecular weight is 1200 g/mol. The molecule has 0 spiro atoms. The van der Waals surface area contributed by atoms with E-state index >= 15 is 0 Å². The van der Waals surface area contributed by atoms with Crippen LogP contribution in [0, 0.1) is 59.1 Å². The van der Waals surface area contributed by atoms with Gasteiger partial charge in [0.1, 0.15) is 86.0 Å². The summed E-state index contributed by atoms with van der Waals surface area (Å²) in [6, 6.07) is 22.3. The number of halogens is 4. The number of aromatic nitrogens is 4. The first-order chi connectivity index (χ1) is 40.4. The first-order valence-electron chi connectivity index (χ1n) is 25.2. The van der Waals surface area contributed by atoms with Gasteiger partial charge in [0, 0.05) is 68.6 Å². The van der Waals surface area contributed by atoms with E-state index in [0.29, 0.717) is 69.7 Å². The van der Waals surface area contributed by atoms with Gasteiger partial charge in [-0.05, 0) is 116 Å². The topological polar surface area (TPSA) is 174 Å². The number of ketones is 2. The zero-order valence-corrected chi connectivity index (χ0v) is 47.3. The van der Waals surface area contributed by atoms with E-state index in [1.807, 2.05) is 76.2 Å². The SMILES string of the molecule is [C-]#[N+]C([N+]#[C-])=C1/C(=C/c2cc3c(s2)-c2sc(-c4c5nonc5c(-c5cc6c(s5)-c5sc(/C=C7\C(=O)c8cc(F)c(F)cc8C7=C(C#N)C#N)cc5OC6(C)C)c5nc6c(nc45)sc4ccccc46)cc2C(C)(C)O3)C(=O)c2cc(F)c(F)cc21. The molecule has 2 aliphatic heterocycles. The number of carbonyl (C=O) groups excluding carboxylic acids is 2. The van der Waals surface area contributed by atoms with Crippen molar-refractivity contribution in [3.63, 3.8) is 0 Å². The molecule has 0 N–H and O–H groups in total. The van der Waals surface area contributed by atoms with Gasteiger partial charge in [-0.1, -0.05) is 18.2 Å². The second kappa shape index (κ2) is 17.9. The zero-order chi connectivity index (χ0) is 58.2. The molecular formula is C62H26F4N8O5S5. The third-order valence-electron chi connectivity index (χ3n) is 15.1. The minimum atomic E-state index is -1.24. The standard InChI is InChI=1S/C62H26F4N8O5S5/c1-61(2)33-19-42(82-55(33)57-39(77-61)13-24(80-57)11-31-44(23(21-67)22-68)27-15-35(63)37(65)17-29(27)53(31)75)46-49-50(72-60-48(71-49)26-9-7-8-10-41(26)84-60)47(52-51(46)73-79-74-52)43-20-34-56(83-43)58-40(78-62(34,3)4)14-25(81-58)12-32-45(59(69-5)70-6)28-16-36(64)38(66)18-30(28)54(32)76/h7-20H,1-4H3/b31-11-,32-12-. The number of rotatable bonds is 4.